The lowest BCUT2D eigenvalue weighted by atomic mass is 9.99. The number of hydrogen-bond donors (Lipinski definition) is 2. The molecule has 0 radical (unpaired) electrons. The maximum absolute atomic E-state index is 11.8. The van der Waals surface area contributed by atoms with Gasteiger partial charge in [-0.05, 0) is 66.9 Å². The van der Waals surface area contributed by atoms with Gasteiger partial charge in [-0.25, -0.2) is 4.79 Å². The second-order valence-corrected chi connectivity index (χ2v) is 8.17. The molecule has 0 spiro atoms. The van der Waals surface area contributed by atoms with Crippen LogP contribution in [0.3, 0.4) is 0 Å². The highest BCUT2D eigenvalue weighted by Crippen LogP contribution is 2.23. The van der Waals surface area contributed by atoms with Gasteiger partial charge < -0.3 is 20.3 Å². The van der Waals surface area contributed by atoms with Crippen LogP contribution in [0.2, 0.25) is 5.02 Å². The van der Waals surface area contributed by atoms with E-state index in [1.54, 1.807) is 18.2 Å². The van der Waals surface area contributed by atoms with E-state index in [0.717, 1.165) is 24.6 Å². The standard InChI is InChI=1S/C22H26ClN3O2S/c1-15-4-3-11-26(14-15)18-8-5-16(6-9-18)13-24-22(29)25-17-7-10-20(23)19(12-17)21(27)28-2/h5-10,12,15H,3-4,11,13-14H2,1-2H3,(H2,24,25,29)/t15-/m0/s1. The second-order valence-electron chi connectivity index (χ2n) is 7.35. The lowest BCUT2D eigenvalue weighted by Crippen LogP contribution is -2.34. The average molecular weight is 432 g/mol. The molecule has 7 heteroatoms. The number of anilines is 2. The Hall–Kier alpha value is -2.31. The molecule has 0 saturated carbocycles. The summed E-state index contributed by atoms with van der Waals surface area (Å²) in [6.07, 6.45) is 2.57. The molecular formula is C22H26ClN3O2S. The Kier molecular flexibility index (Phi) is 7.34. The summed E-state index contributed by atoms with van der Waals surface area (Å²) in [5.41, 5.74) is 3.39. The summed E-state index contributed by atoms with van der Waals surface area (Å²) >= 11 is 11.4. The number of hydrogen-bond acceptors (Lipinski definition) is 4. The summed E-state index contributed by atoms with van der Waals surface area (Å²) in [5.74, 6) is 0.266. The first kappa shape index (κ1) is 21.4. The minimum Gasteiger partial charge on any atom is -0.465 e. The summed E-state index contributed by atoms with van der Waals surface area (Å²) in [6, 6.07) is 13.6. The average Bonchev–Trinajstić information content (AvgIpc) is 2.73. The molecule has 0 amide bonds. The van der Waals surface area contributed by atoms with Gasteiger partial charge in [0.2, 0.25) is 0 Å². The number of halogens is 1. The Morgan fingerprint density at radius 1 is 1.28 bits per heavy atom. The summed E-state index contributed by atoms with van der Waals surface area (Å²) in [7, 11) is 1.32. The van der Waals surface area contributed by atoms with E-state index in [-0.39, 0.29) is 0 Å². The molecule has 2 aromatic carbocycles. The van der Waals surface area contributed by atoms with Crippen LogP contribution in [-0.4, -0.2) is 31.3 Å². The molecule has 29 heavy (non-hydrogen) atoms. The van der Waals surface area contributed by atoms with Crippen molar-refractivity contribution in [1.82, 2.24) is 5.32 Å². The fraction of sp³-hybridized carbons (Fsp3) is 0.364. The van der Waals surface area contributed by atoms with E-state index in [9.17, 15) is 4.79 Å². The van der Waals surface area contributed by atoms with Gasteiger partial charge in [0.1, 0.15) is 0 Å². The SMILES string of the molecule is COC(=O)c1cc(NC(=S)NCc2ccc(N3CCC[C@H](C)C3)cc2)ccc1Cl. The molecule has 0 aromatic heterocycles. The molecule has 2 N–H and O–H groups in total. The predicted octanol–water partition coefficient (Wildman–Crippen LogP) is 4.85. The molecule has 1 fully saturated rings. The van der Waals surface area contributed by atoms with Crippen LogP contribution in [0.5, 0.6) is 0 Å². The van der Waals surface area contributed by atoms with Crippen molar-refractivity contribution in [2.75, 3.05) is 30.4 Å². The van der Waals surface area contributed by atoms with Gasteiger partial charge >= 0.3 is 5.97 Å². The molecule has 0 bridgehead atoms. The second kappa shape index (κ2) is 9.94. The van der Waals surface area contributed by atoms with E-state index in [4.69, 9.17) is 28.6 Å². The van der Waals surface area contributed by atoms with Crippen molar-refractivity contribution >= 4 is 46.3 Å². The van der Waals surface area contributed by atoms with Crippen LogP contribution in [-0.2, 0) is 11.3 Å². The van der Waals surface area contributed by atoms with Gasteiger partial charge in [-0.3, -0.25) is 0 Å². The van der Waals surface area contributed by atoms with E-state index in [0.29, 0.717) is 27.9 Å². The Balaban J connectivity index is 1.53. The van der Waals surface area contributed by atoms with Crippen molar-refractivity contribution < 1.29 is 9.53 Å². The number of rotatable bonds is 5. The number of nitrogens with zero attached hydrogens (tertiary/aromatic N) is 1. The van der Waals surface area contributed by atoms with Crippen LogP contribution in [0.4, 0.5) is 11.4 Å². The maximum Gasteiger partial charge on any atom is 0.339 e. The molecule has 1 aliphatic heterocycles. The van der Waals surface area contributed by atoms with Gasteiger partial charge in [-0.2, -0.15) is 0 Å². The quantitative estimate of drug-likeness (QED) is 0.521. The highest BCUT2D eigenvalue weighted by atomic mass is 35.5. The van der Waals surface area contributed by atoms with Gasteiger partial charge in [0, 0.05) is 31.0 Å². The zero-order chi connectivity index (χ0) is 20.8. The van der Waals surface area contributed by atoms with Gasteiger partial charge in [0.25, 0.3) is 0 Å². The molecule has 1 aliphatic rings. The molecule has 0 unspecified atom stereocenters. The zero-order valence-electron chi connectivity index (χ0n) is 16.7. The van der Waals surface area contributed by atoms with Crippen LogP contribution in [0.1, 0.15) is 35.7 Å². The highest BCUT2D eigenvalue weighted by Gasteiger charge is 2.16. The molecule has 2 aromatic rings. The van der Waals surface area contributed by atoms with Crippen molar-refractivity contribution in [2.24, 2.45) is 5.92 Å². The molecule has 3 rings (SSSR count). The van der Waals surface area contributed by atoms with Gasteiger partial charge in [-0.15, -0.1) is 0 Å². The minimum atomic E-state index is -0.485. The number of nitrogens with one attached hydrogen (secondary N) is 2. The molecule has 5 nitrogen and oxygen atoms in total. The molecule has 1 heterocycles. The number of carbonyl (C=O) groups is 1. The summed E-state index contributed by atoms with van der Waals surface area (Å²) in [5, 5.41) is 7.07. The molecule has 1 atom stereocenters. The fourth-order valence-electron chi connectivity index (χ4n) is 3.48. The highest BCUT2D eigenvalue weighted by molar-refractivity contribution is 7.80. The lowest BCUT2D eigenvalue weighted by Gasteiger charge is -2.32. The maximum atomic E-state index is 11.8. The molecule has 0 aliphatic carbocycles. The van der Waals surface area contributed by atoms with E-state index in [1.807, 2.05) is 0 Å². The third kappa shape index (κ3) is 5.84. The van der Waals surface area contributed by atoms with E-state index >= 15 is 0 Å². The van der Waals surface area contributed by atoms with Crippen LogP contribution in [0.15, 0.2) is 42.5 Å². The summed E-state index contributed by atoms with van der Waals surface area (Å²) in [4.78, 5) is 14.2. The minimum absolute atomic E-state index is 0.296. The van der Waals surface area contributed by atoms with Crippen molar-refractivity contribution in [2.45, 2.75) is 26.3 Å². The molecule has 154 valence electrons. The van der Waals surface area contributed by atoms with Crippen LogP contribution < -0.4 is 15.5 Å². The first-order valence-electron chi connectivity index (χ1n) is 9.73. The third-order valence-corrected chi connectivity index (χ3v) is 5.62. The number of piperidine rings is 1. The van der Waals surface area contributed by atoms with Crippen LogP contribution in [0.25, 0.3) is 0 Å². The first-order valence-corrected chi connectivity index (χ1v) is 10.5. The molecule has 1 saturated heterocycles. The number of benzene rings is 2. The van der Waals surface area contributed by atoms with Gasteiger partial charge in [-0.1, -0.05) is 30.7 Å². The van der Waals surface area contributed by atoms with Crippen LogP contribution >= 0.6 is 23.8 Å². The number of ether oxygens (including phenoxy) is 1. The number of carbonyl (C=O) groups excluding carboxylic acids is 1. The van der Waals surface area contributed by atoms with Gasteiger partial charge in [0.15, 0.2) is 5.11 Å². The Bertz CT molecular complexity index is 873. The Labute approximate surface area is 182 Å². The smallest absolute Gasteiger partial charge is 0.339 e. The lowest BCUT2D eigenvalue weighted by molar-refractivity contribution is 0.0601. The van der Waals surface area contributed by atoms with Crippen LogP contribution in [0, 0.1) is 5.92 Å². The third-order valence-electron chi connectivity index (χ3n) is 5.04. The number of methoxy groups -OCH3 is 1. The van der Waals surface area contributed by atoms with Crippen molar-refractivity contribution in [1.29, 1.82) is 0 Å². The molecular weight excluding hydrogens is 406 g/mol. The Morgan fingerprint density at radius 2 is 2.03 bits per heavy atom. The summed E-state index contributed by atoms with van der Waals surface area (Å²) < 4.78 is 4.74. The normalized spacial score (nSPS) is 16.2. The van der Waals surface area contributed by atoms with Crippen molar-refractivity contribution in [3.63, 3.8) is 0 Å². The largest absolute Gasteiger partial charge is 0.465 e. The van der Waals surface area contributed by atoms with Gasteiger partial charge in [0.05, 0.1) is 17.7 Å². The zero-order valence-corrected chi connectivity index (χ0v) is 18.3. The number of esters is 1. The van der Waals surface area contributed by atoms with E-state index < -0.39 is 5.97 Å². The monoisotopic (exact) mass is 431 g/mol. The predicted molar refractivity (Wildman–Crippen MR) is 123 cm³/mol. The Morgan fingerprint density at radius 3 is 2.72 bits per heavy atom. The summed E-state index contributed by atoms with van der Waals surface area (Å²) in [6.45, 7) is 5.18. The number of thiocarbonyl (C=S) groups is 1. The van der Waals surface area contributed by atoms with E-state index in [2.05, 4.69) is 46.7 Å². The van der Waals surface area contributed by atoms with E-state index in [1.165, 1.54) is 25.6 Å². The topological polar surface area (TPSA) is 53.6 Å². The first-order chi connectivity index (χ1) is 14.0. The van der Waals surface area contributed by atoms with Crippen molar-refractivity contribution in [3.05, 3.63) is 58.6 Å². The van der Waals surface area contributed by atoms with Crippen molar-refractivity contribution in [3.8, 4) is 0 Å². The fourth-order valence-corrected chi connectivity index (χ4v) is 3.86.